The van der Waals surface area contributed by atoms with Gasteiger partial charge in [0.05, 0.1) is 0 Å². The molecule has 14 heavy (non-hydrogen) atoms. The molecule has 1 fully saturated rings. The van der Waals surface area contributed by atoms with Crippen LogP contribution >= 0.6 is 0 Å². The van der Waals surface area contributed by atoms with Crippen molar-refractivity contribution in [2.45, 2.75) is 24.7 Å². The van der Waals surface area contributed by atoms with Crippen LogP contribution < -0.4 is 29.6 Å². The molecule has 0 radical (unpaired) electrons. The first-order valence-electron chi connectivity index (χ1n) is 4.29. The molecule has 1 heterocycles. The maximum Gasteiger partial charge on any atom is 1.00 e. The summed E-state index contributed by atoms with van der Waals surface area (Å²) < 4.78 is 32.0. The van der Waals surface area contributed by atoms with Crippen LogP contribution in [0.4, 0.5) is 0 Å². The van der Waals surface area contributed by atoms with Gasteiger partial charge in [0.15, 0.2) is 4.93 Å². The normalized spacial score (nSPS) is 22.8. The molecule has 1 aliphatic heterocycles. The van der Waals surface area contributed by atoms with Crippen LogP contribution in [0.25, 0.3) is 0 Å². The molecule has 1 rings (SSSR count). The first kappa shape index (κ1) is 14.8. The summed E-state index contributed by atoms with van der Waals surface area (Å²) in [5.74, 6) is 0. The maximum atomic E-state index is 10.7. The van der Waals surface area contributed by atoms with E-state index < -0.39 is 15.1 Å². The molecular formula is C7H14NNaO4S. The van der Waals surface area contributed by atoms with Crippen LogP contribution in [0.5, 0.6) is 0 Å². The van der Waals surface area contributed by atoms with Crippen LogP contribution in [0.1, 0.15) is 19.8 Å². The molecule has 0 aromatic carbocycles. The number of aliphatic hydroxyl groups is 1. The molecule has 0 aromatic rings. The fourth-order valence-corrected chi connectivity index (χ4v) is 2.15. The zero-order valence-electron chi connectivity index (χ0n) is 8.56. The van der Waals surface area contributed by atoms with Crippen molar-refractivity contribution in [1.29, 1.82) is 0 Å². The average Bonchev–Trinajstić information content (AvgIpc) is 2.04. The third-order valence-electron chi connectivity index (χ3n) is 2.55. The molecule has 0 unspecified atom stereocenters. The molecule has 0 saturated carbocycles. The van der Waals surface area contributed by atoms with Crippen molar-refractivity contribution in [1.82, 2.24) is 4.90 Å². The van der Waals surface area contributed by atoms with E-state index in [1.54, 1.807) is 0 Å². The molecule has 0 bridgehead atoms. The van der Waals surface area contributed by atoms with E-state index in [0.29, 0.717) is 13.1 Å². The molecule has 0 atom stereocenters. The molecule has 0 amide bonds. The quantitative estimate of drug-likeness (QED) is 0.391. The number of likely N-dealkylation sites (tertiary alicyclic amines) is 1. The largest absolute Gasteiger partial charge is 1.00 e. The van der Waals surface area contributed by atoms with Crippen molar-refractivity contribution in [2.24, 2.45) is 0 Å². The Morgan fingerprint density at radius 1 is 1.43 bits per heavy atom. The van der Waals surface area contributed by atoms with Gasteiger partial charge >= 0.3 is 29.6 Å². The summed E-state index contributed by atoms with van der Waals surface area (Å²) in [6.45, 7) is 3.70. The van der Waals surface area contributed by atoms with Crippen molar-refractivity contribution in [2.75, 3.05) is 19.6 Å². The van der Waals surface area contributed by atoms with Gasteiger partial charge in [-0.3, -0.25) is 0 Å². The van der Waals surface area contributed by atoms with Crippen molar-refractivity contribution in [3.05, 3.63) is 0 Å². The Labute approximate surface area is 107 Å². The Morgan fingerprint density at radius 2 is 1.86 bits per heavy atom. The van der Waals surface area contributed by atoms with Crippen LogP contribution in [-0.2, 0) is 10.1 Å². The second kappa shape index (κ2) is 5.25. The summed E-state index contributed by atoms with van der Waals surface area (Å²) in [5.41, 5.74) is 0. The van der Waals surface area contributed by atoms with Crippen LogP contribution in [0.2, 0.25) is 0 Å². The van der Waals surface area contributed by atoms with E-state index in [1.165, 1.54) is 0 Å². The third-order valence-corrected chi connectivity index (χ3v) is 3.89. The Balaban J connectivity index is 0.00000169. The molecule has 5 nitrogen and oxygen atoms in total. The van der Waals surface area contributed by atoms with Crippen molar-refractivity contribution >= 4 is 10.1 Å². The monoisotopic (exact) mass is 231 g/mol. The summed E-state index contributed by atoms with van der Waals surface area (Å²) in [5, 5.41) is 9.49. The number of hydrogen-bond acceptors (Lipinski definition) is 5. The number of hydrogen-bond donors (Lipinski definition) is 1. The molecule has 1 aliphatic rings. The Hall–Kier alpha value is 0.830. The van der Waals surface area contributed by atoms with Gasteiger partial charge < -0.3 is 14.6 Å². The molecule has 1 N–H and O–H groups in total. The molecular weight excluding hydrogens is 217 g/mol. The Kier molecular flexibility index (Phi) is 5.56. The van der Waals surface area contributed by atoms with Gasteiger partial charge in [0.1, 0.15) is 10.1 Å². The topological polar surface area (TPSA) is 80.7 Å². The van der Waals surface area contributed by atoms with Gasteiger partial charge in [-0.2, -0.15) is 0 Å². The minimum Gasteiger partial charge on any atom is -0.746 e. The average molecular weight is 231 g/mol. The fourth-order valence-electron chi connectivity index (χ4n) is 1.47. The second-order valence-corrected chi connectivity index (χ2v) is 5.00. The summed E-state index contributed by atoms with van der Waals surface area (Å²) in [6, 6.07) is 0. The standard InChI is InChI=1S/C7H15NO4S.Na/c1-2-8-5-3-7(9,4-6-8)13(10,11)12;/h9H,2-6H2,1H3,(H,10,11,12);/q;+1/p-1. The minimum absolute atomic E-state index is 0. The van der Waals surface area contributed by atoms with Gasteiger partial charge in [0.2, 0.25) is 0 Å². The van der Waals surface area contributed by atoms with Crippen LogP contribution in [0, 0.1) is 0 Å². The van der Waals surface area contributed by atoms with E-state index in [1.807, 2.05) is 11.8 Å². The summed E-state index contributed by atoms with van der Waals surface area (Å²) >= 11 is 0. The van der Waals surface area contributed by atoms with Crippen LogP contribution in [0.15, 0.2) is 0 Å². The van der Waals surface area contributed by atoms with Gasteiger partial charge in [-0.25, -0.2) is 8.42 Å². The van der Waals surface area contributed by atoms with E-state index in [-0.39, 0.29) is 42.4 Å². The van der Waals surface area contributed by atoms with Crippen LogP contribution in [-0.4, -0.2) is 47.5 Å². The SMILES string of the molecule is CCN1CCC(O)(S(=O)(=O)[O-])CC1.[Na+]. The van der Waals surface area contributed by atoms with E-state index in [2.05, 4.69) is 0 Å². The predicted molar refractivity (Wildman–Crippen MR) is 46.0 cm³/mol. The maximum absolute atomic E-state index is 10.7. The van der Waals surface area contributed by atoms with E-state index >= 15 is 0 Å². The smallest absolute Gasteiger partial charge is 0.746 e. The zero-order valence-corrected chi connectivity index (χ0v) is 11.4. The number of piperidine rings is 1. The van der Waals surface area contributed by atoms with E-state index in [0.717, 1.165) is 6.54 Å². The summed E-state index contributed by atoms with van der Waals surface area (Å²) in [7, 11) is -4.58. The molecule has 7 heteroatoms. The van der Waals surface area contributed by atoms with Gasteiger partial charge in [-0.05, 0) is 6.54 Å². The Morgan fingerprint density at radius 3 is 2.14 bits per heavy atom. The first-order chi connectivity index (χ1) is 5.89. The first-order valence-corrected chi connectivity index (χ1v) is 5.70. The molecule has 1 saturated heterocycles. The fraction of sp³-hybridized carbons (Fsp3) is 1.00. The predicted octanol–water partition coefficient (Wildman–Crippen LogP) is -3.66. The summed E-state index contributed by atoms with van der Waals surface area (Å²) in [4.78, 5) is -0.0294. The molecule has 0 spiro atoms. The van der Waals surface area contributed by atoms with Crippen molar-refractivity contribution in [3.63, 3.8) is 0 Å². The van der Waals surface area contributed by atoms with Crippen molar-refractivity contribution < 1.29 is 47.6 Å². The third kappa shape index (κ3) is 3.16. The van der Waals surface area contributed by atoms with Crippen LogP contribution in [0.3, 0.4) is 0 Å². The molecule has 78 valence electrons. The minimum atomic E-state index is -4.58. The van der Waals surface area contributed by atoms with E-state index in [4.69, 9.17) is 0 Å². The van der Waals surface area contributed by atoms with E-state index in [9.17, 15) is 18.1 Å². The molecule has 0 aromatic heterocycles. The zero-order chi connectivity index (χ0) is 10.1. The number of nitrogens with zero attached hydrogens (tertiary/aromatic N) is 1. The van der Waals surface area contributed by atoms with Gasteiger partial charge in [-0.1, -0.05) is 6.92 Å². The second-order valence-electron chi connectivity index (χ2n) is 3.33. The van der Waals surface area contributed by atoms with Crippen molar-refractivity contribution in [3.8, 4) is 0 Å². The summed E-state index contributed by atoms with van der Waals surface area (Å²) in [6.07, 6.45) is 0.0410. The van der Waals surface area contributed by atoms with Gasteiger partial charge in [0.25, 0.3) is 0 Å². The number of rotatable bonds is 2. The Bertz CT molecular complexity index is 271. The molecule has 0 aliphatic carbocycles. The van der Waals surface area contributed by atoms with Gasteiger partial charge in [0, 0.05) is 25.9 Å². The van der Waals surface area contributed by atoms with Gasteiger partial charge in [-0.15, -0.1) is 0 Å².